The molecule has 2 unspecified atom stereocenters. The molecular formula is C21H25N3O6S. The van der Waals surface area contributed by atoms with Crippen LogP contribution in [0.3, 0.4) is 0 Å². The van der Waals surface area contributed by atoms with Gasteiger partial charge < -0.3 is 10.1 Å². The highest BCUT2D eigenvalue weighted by atomic mass is 32.2. The number of hydrogen-bond donors (Lipinski definition) is 1. The third-order valence-electron chi connectivity index (χ3n) is 5.03. The highest BCUT2D eigenvalue weighted by Crippen LogP contribution is 2.28. The van der Waals surface area contributed by atoms with E-state index in [4.69, 9.17) is 4.74 Å². The summed E-state index contributed by atoms with van der Waals surface area (Å²) in [5.74, 6) is 0.0802. The van der Waals surface area contributed by atoms with E-state index in [-0.39, 0.29) is 16.3 Å². The van der Waals surface area contributed by atoms with Gasteiger partial charge in [-0.05, 0) is 48.6 Å². The number of benzene rings is 2. The van der Waals surface area contributed by atoms with Crippen molar-refractivity contribution in [1.82, 2.24) is 4.31 Å². The van der Waals surface area contributed by atoms with E-state index in [1.54, 1.807) is 6.07 Å². The molecule has 0 spiro atoms. The summed E-state index contributed by atoms with van der Waals surface area (Å²) in [6.45, 7) is 4.66. The van der Waals surface area contributed by atoms with Crippen LogP contribution in [0.1, 0.15) is 20.3 Å². The molecule has 1 amide bonds. The minimum Gasteiger partial charge on any atom is -0.477 e. The predicted molar refractivity (Wildman–Crippen MR) is 115 cm³/mol. The van der Waals surface area contributed by atoms with Crippen molar-refractivity contribution in [3.8, 4) is 5.75 Å². The summed E-state index contributed by atoms with van der Waals surface area (Å²) in [4.78, 5) is 22.7. The van der Waals surface area contributed by atoms with Gasteiger partial charge in [-0.1, -0.05) is 26.0 Å². The van der Waals surface area contributed by atoms with Gasteiger partial charge in [0.15, 0.2) is 12.4 Å². The van der Waals surface area contributed by atoms with Crippen molar-refractivity contribution >= 4 is 27.3 Å². The lowest BCUT2D eigenvalue weighted by molar-refractivity contribution is -0.385. The normalized spacial score (nSPS) is 19.5. The standard InChI is InChI=1S/C21H25N3O6S/c1-15-11-16(2)13-23(12-15)31(28,29)18-9-7-17(8-10-18)22-21(25)14-30-20-6-4-3-5-19(20)24(26)27/h3-10,15-16H,11-14H2,1-2H3,(H,22,25). The fourth-order valence-corrected chi connectivity index (χ4v) is 5.41. The second-order valence-corrected chi connectivity index (χ2v) is 9.79. The number of para-hydroxylation sites is 2. The Morgan fingerprint density at radius 1 is 1.13 bits per heavy atom. The highest BCUT2D eigenvalue weighted by Gasteiger charge is 2.31. The number of piperidine rings is 1. The predicted octanol–water partition coefficient (Wildman–Crippen LogP) is 3.28. The van der Waals surface area contributed by atoms with E-state index in [9.17, 15) is 23.3 Å². The lowest BCUT2D eigenvalue weighted by Crippen LogP contribution is -2.42. The Hall–Kier alpha value is -2.98. The molecule has 1 fully saturated rings. The van der Waals surface area contributed by atoms with Gasteiger partial charge in [-0.2, -0.15) is 4.31 Å². The van der Waals surface area contributed by atoms with Crippen LogP contribution in [-0.4, -0.2) is 43.2 Å². The summed E-state index contributed by atoms with van der Waals surface area (Å²) >= 11 is 0. The SMILES string of the molecule is CC1CC(C)CN(S(=O)(=O)c2ccc(NC(=O)COc3ccccc3[N+](=O)[O-])cc2)C1. The molecular weight excluding hydrogens is 422 g/mol. The number of carbonyl (C=O) groups is 1. The number of rotatable bonds is 7. The zero-order valence-corrected chi connectivity index (χ0v) is 18.2. The minimum absolute atomic E-state index is 0.00548. The smallest absolute Gasteiger partial charge is 0.310 e. The zero-order chi connectivity index (χ0) is 22.6. The molecule has 2 aromatic rings. The van der Waals surface area contributed by atoms with Crippen molar-refractivity contribution in [3.05, 3.63) is 58.6 Å². The number of nitro groups is 1. The summed E-state index contributed by atoms with van der Waals surface area (Å²) in [6.07, 6.45) is 1.01. The lowest BCUT2D eigenvalue weighted by atomic mass is 9.94. The number of nitro benzene ring substituents is 1. The van der Waals surface area contributed by atoms with Gasteiger partial charge in [0.25, 0.3) is 5.91 Å². The number of carbonyl (C=O) groups excluding carboxylic acids is 1. The number of amides is 1. The molecule has 0 saturated carbocycles. The molecule has 0 radical (unpaired) electrons. The number of hydrogen-bond acceptors (Lipinski definition) is 6. The second kappa shape index (κ2) is 9.44. The number of nitrogens with one attached hydrogen (secondary N) is 1. The Kier molecular flexibility index (Phi) is 6.91. The Bertz CT molecular complexity index is 1050. The number of sulfonamides is 1. The van der Waals surface area contributed by atoms with Crippen LogP contribution < -0.4 is 10.1 Å². The van der Waals surface area contributed by atoms with Crippen molar-refractivity contribution < 1.29 is 22.9 Å². The molecule has 1 aliphatic heterocycles. The van der Waals surface area contributed by atoms with Crippen molar-refractivity contribution in [3.63, 3.8) is 0 Å². The Morgan fingerprint density at radius 3 is 2.35 bits per heavy atom. The van der Waals surface area contributed by atoms with Crippen LogP contribution in [0.25, 0.3) is 0 Å². The van der Waals surface area contributed by atoms with Crippen LogP contribution in [0.5, 0.6) is 5.75 Å². The number of ether oxygens (including phenoxy) is 1. The summed E-state index contributed by atoms with van der Waals surface area (Å²) in [5, 5.41) is 13.6. The maximum absolute atomic E-state index is 12.9. The number of anilines is 1. The van der Waals surface area contributed by atoms with Crippen LogP contribution in [-0.2, 0) is 14.8 Å². The van der Waals surface area contributed by atoms with E-state index in [0.717, 1.165) is 6.42 Å². The average Bonchev–Trinajstić information content (AvgIpc) is 2.72. The van der Waals surface area contributed by atoms with E-state index < -0.39 is 27.5 Å². The molecule has 31 heavy (non-hydrogen) atoms. The monoisotopic (exact) mass is 447 g/mol. The van der Waals surface area contributed by atoms with Gasteiger partial charge >= 0.3 is 5.69 Å². The van der Waals surface area contributed by atoms with Gasteiger partial charge in [0.1, 0.15) is 0 Å². The van der Waals surface area contributed by atoms with Crippen LogP contribution in [0, 0.1) is 22.0 Å². The van der Waals surface area contributed by atoms with Crippen molar-refractivity contribution in [2.45, 2.75) is 25.2 Å². The third-order valence-corrected chi connectivity index (χ3v) is 6.88. The third kappa shape index (κ3) is 5.59. The van der Waals surface area contributed by atoms with Gasteiger partial charge in [0.2, 0.25) is 10.0 Å². The van der Waals surface area contributed by atoms with Gasteiger partial charge in [-0.25, -0.2) is 8.42 Å². The topological polar surface area (TPSA) is 119 Å². The Balaban J connectivity index is 1.61. The van der Waals surface area contributed by atoms with Crippen molar-refractivity contribution in [2.75, 3.05) is 25.0 Å². The summed E-state index contributed by atoms with van der Waals surface area (Å²) in [6, 6.07) is 11.7. The summed E-state index contributed by atoms with van der Waals surface area (Å²) in [5.41, 5.74) is 0.168. The molecule has 166 valence electrons. The molecule has 0 aromatic heterocycles. The first-order chi connectivity index (χ1) is 14.7. The second-order valence-electron chi connectivity index (χ2n) is 7.85. The van der Waals surface area contributed by atoms with E-state index >= 15 is 0 Å². The minimum atomic E-state index is -3.60. The molecule has 2 aromatic carbocycles. The molecule has 0 bridgehead atoms. The van der Waals surface area contributed by atoms with E-state index in [1.165, 1.54) is 46.8 Å². The lowest BCUT2D eigenvalue weighted by Gasteiger charge is -2.34. The number of nitrogens with zero attached hydrogens (tertiary/aromatic N) is 2. The fourth-order valence-electron chi connectivity index (χ4n) is 3.73. The quantitative estimate of drug-likeness (QED) is 0.514. The van der Waals surface area contributed by atoms with E-state index in [2.05, 4.69) is 5.32 Å². The van der Waals surface area contributed by atoms with Crippen LogP contribution in [0.4, 0.5) is 11.4 Å². The Morgan fingerprint density at radius 2 is 1.74 bits per heavy atom. The largest absolute Gasteiger partial charge is 0.477 e. The van der Waals surface area contributed by atoms with Crippen LogP contribution in [0.15, 0.2) is 53.4 Å². The average molecular weight is 448 g/mol. The van der Waals surface area contributed by atoms with Crippen LogP contribution in [0.2, 0.25) is 0 Å². The maximum Gasteiger partial charge on any atom is 0.310 e. The van der Waals surface area contributed by atoms with E-state index in [0.29, 0.717) is 30.6 Å². The van der Waals surface area contributed by atoms with Crippen molar-refractivity contribution in [2.24, 2.45) is 11.8 Å². The molecule has 1 aliphatic rings. The van der Waals surface area contributed by atoms with Crippen LogP contribution >= 0.6 is 0 Å². The maximum atomic E-state index is 12.9. The summed E-state index contributed by atoms with van der Waals surface area (Å²) < 4.78 is 32.6. The fraction of sp³-hybridized carbons (Fsp3) is 0.381. The van der Waals surface area contributed by atoms with Gasteiger partial charge in [-0.15, -0.1) is 0 Å². The molecule has 3 rings (SSSR count). The summed E-state index contributed by atoms with van der Waals surface area (Å²) in [7, 11) is -3.60. The molecule has 1 saturated heterocycles. The first-order valence-electron chi connectivity index (χ1n) is 9.93. The van der Waals surface area contributed by atoms with Gasteiger partial charge in [0.05, 0.1) is 9.82 Å². The van der Waals surface area contributed by atoms with Gasteiger partial charge in [0, 0.05) is 24.8 Å². The van der Waals surface area contributed by atoms with Gasteiger partial charge in [-0.3, -0.25) is 14.9 Å². The molecule has 2 atom stereocenters. The zero-order valence-electron chi connectivity index (χ0n) is 17.4. The first-order valence-corrected chi connectivity index (χ1v) is 11.4. The molecule has 1 N–H and O–H groups in total. The Labute approximate surface area is 181 Å². The first kappa shape index (κ1) is 22.7. The van der Waals surface area contributed by atoms with E-state index in [1.807, 2.05) is 13.8 Å². The van der Waals surface area contributed by atoms with Crippen molar-refractivity contribution in [1.29, 1.82) is 0 Å². The molecule has 0 aliphatic carbocycles. The highest BCUT2D eigenvalue weighted by molar-refractivity contribution is 7.89. The molecule has 10 heteroatoms. The molecule has 1 heterocycles. The molecule has 9 nitrogen and oxygen atoms in total.